The van der Waals surface area contributed by atoms with Gasteiger partial charge in [0, 0.05) is 26.1 Å². The van der Waals surface area contributed by atoms with E-state index in [1.165, 1.54) is 11.1 Å². The normalized spacial score (nSPS) is 12.7. The van der Waals surface area contributed by atoms with Crippen LogP contribution in [0, 0.1) is 0 Å². The van der Waals surface area contributed by atoms with Gasteiger partial charge in [-0.05, 0) is 34.7 Å². The number of rotatable bonds is 6. The number of methoxy groups -OCH3 is 1. The fourth-order valence-corrected chi connectivity index (χ4v) is 2.90. The molecule has 0 aromatic heterocycles. The van der Waals surface area contributed by atoms with Crippen LogP contribution in [0.3, 0.4) is 0 Å². The Bertz CT molecular complexity index is 698. The Balaban J connectivity index is 1.50. The van der Waals surface area contributed by atoms with Crippen LogP contribution >= 0.6 is 0 Å². The quantitative estimate of drug-likeness (QED) is 0.862. The number of carbonyl (C=O) groups excluding carboxylic acids is 1. The van der Waals surface area contributed by atoms with Crippen LogP contribution in [0.5, 0.6) is 5.75 Å². The summed E-state index contributed by atoms with van der Waals surface area (Å²) in [4.78, 5) is 12.1. The lowest BCUT2D eigenvalue weighted by Crippen LogP contribution is -2.23. The summed E-state index contributed by atoms with van der Waals surface area (Å²) in [6.45, 7) is 2.45. The zero-order chi connectivity index (χ0) is 16.1. The number of ether oxygens (including phenoxy) is 1. The monoisotopic (exact) mass is 310 g/mol. The van der Waals surface area contributed by atoms with Crippen LogP contribution < -0.4 is 15.4 Å². The van der Waals surface area contributed by atoms with Crippen molar-refractivity contribution in [3.05, 3.63) is 64.7 Å². The summed E-state index contributed by atoms with van der Waals surface area (Å²) < 4.78 is 5.31. The molecule has 1 amide bonds. The van der Waals surface area contributed by atoms with Crippen molar-refractivity contribution in [1.29, 1.82) is 0 Å². The molecule has 4 heteroatoms. The summed E-state index contributed by atoms with van der Waals surface area (Å²) in [5.41, 5.74) is 4.91. The average molecular weight is 310 g/mol. The van der Waals surface area contributed by atoms with Crippen molar-refractivity contribution in [2.45, 2.75) is 32.5 Å². The van der Waals surface area contributed by atoms with Crippen LogP contribution in [0.2, 0.25) is 0 Å². The maximum atomic E-state index is 12.1. The summed E-state index contributed by atoms with van der Waals surface area (Å²) in [7, 11) is 1.65. The van der Waals surface area contributed by atoms with Gasteiger partial charge in [-0.1, -0.05) is 36.4 Å². The lowest BCUT2D eigenvalue weighted by Gasteiger charge is -2.09. The Morgan fingerprint density at radius 2 is 2.00 bits per heavy atom. The van der Waals surface area contributed by atoms with E-state index >= 15 is 0 Å². The van der Waals surface area contributed by atoms with Gasteiger partial charge in [0.1, 0.15) is 5.75 Å². The number of fused-ring (bicyclic) bond motifs is 1. The summed E-state index contributed by atoms with van der Waals surface area (Å²) in [5.74, 6) is 0.904. The second-order valence-electron chi connectivity index (χ2n) is 5.80. The van der Waals surface area contributed by atoms with Gasteiger partial charge < -0.3 is 15.4 Å². The highest BCUT2D eigenvalue weighted by molar-refractivity contribution is 5.76. The van der Waals surface area contributed by atoms with E-state index in [0.717, 1.165) is 30.0 Å². The molecule has 3 rings (SSSR count). The first-order valence-electron chi connectivity index (χ1n) is 7.96. The number of para-hydroxylation sites is 1. The fraction of sp³-hybridized carbons (Fsp3) is 0.316. The molecule has 0 fully saturated rings. The molecule has 0 unspecified atom stereocenters. The summed E-state index contributed by atoms with van der Waals surface area (Å²) in [5, 5.41) is 6.33. The third-order valence-corrected chi connectivity index (χ3v) is 4.21. The highest BCUT2D eigenvalue weighted by Crippen LogP contribution is 2.19. The van der Waals surface area contributed by atoms with Gasteiger partial charge in [-0.25, -0.2) is 0 Å². The lowest BCUT2D eigenvalue weighted by atomic mass is 10.1. The van der Waals surface area contributed by atoms with Gasteiger partial charge in [-0.3, -0.25) is 4.79 Å². The Hall–Kier alpha value is -2.33. The first kappa shape index (κ1) is 15.6. The minimum Gasteiger partial charge on any atom is -0.496 e. The van der Waals surface area contributed by atoms with E-state index in [0.29, 0.717) is 19.4 Å². The van der Waals surface area contributed by atoms with E-state index in [4.69, 9.17) is 4.74 Å². The van der Waals surface area contributed by atoms with E-state index < -0.39 is 0 Å². The first-order chi connectivity index (χ1) is 11.3. The molecule has 0 atom stereocenters. The smallest absolute Gasteiger partial charge is 0.220 e. The molecule has 0 radical (unpaired) electrons. The lowest BCUT2D eigenvalue weighted by molar-refractivity contribution is -0.121. The Morgan fingerprint density at radius 3 is 2.87 bits per heavy atom. The maximum Gasteiger partial charge on any atom is 0.220 e. The van der Waals surface area contributed by atoms with E-state index in [1.807, 2.05) is 24.3 Å². The Labute approximate surface area is 136 Å². The molecule has 1 aliphatic heterocycles. The second-order valence-corrected chi connectivity index (χ2v) is 5.80. The van der Waals surface area contributed by atoms with Crippen LogP contribution in [-0.2, 0) is 30.8 Å². The average Bonchev–Trinajstić information content (AvgIpc) is 3.06. The van der Waals surface area contributed by atoms with E-state index in [2.05, 4.69) is 28.8 Å². The van der Waals surface area contributed by atoms with Crippen molar-refractivity contribution >= 4 is 5.91 Å². The zero-order valence-corrected chi connectivity index (χ0v) is 13.4. The predicted molar refractivity (Wildman–Crippen MR) is 90.1 cm³/mol. The second kappa shape index (κ2) is 7.29. The number of hydrogen-bond acceptors (Lipinski definition) is 3. The molecule has 0 spiro atoms. The third kappa shape index (κ3) is 3.90. The highest BCUT2D eigenvalue weighted by Gasteiger charge is 2.10. The molecule has 1 heterocycles. The van der Waals surface area contributed by atoms with Crippen LogP contribution in [0.25, 0.3) is 0 Å². The number of benzene rings is 2. The molecule has 0 saturated carbocycles. The summed E-state index contributed by atoms with van der Waals surface area (Å²) in [6, 6.07) is 14.2. The van der Waals surface area contributed by atoms with Gasteiger partial charge in [0.15, 0.2) is 0 Å². The van der Waals surface area contributed by atoms with Gasteiger partial charge in [0.25, 0.3) is 0 Å². The van der Waals surface area contributed by atoms with Crippen LogP contribution in [0.1, 0.15) is 28.7 Å². The maximum absolute atomic E-state index is 12.1. The van der Waals surface area contributed by atoms with Crippen molar-refractivity contribution in [3.63, 3.8) is 0 Å². The molecule has 2 aromatic carbocycles. The SMILES string of the molecule is COc1ccccc1CCC(=O)NCc1ccc2c(c1)CNC2. The molecule has 23 heavy (non-hydrogen) atoms. The molecule has 1 aliphatic rings. The molecular formula is C19H22N2O2. The number of amides is 1. The minimum absolute atomic E-state index is 0.0644. The number of hydrogen-bond donors (Lipinski definition) is 2. The van der Waals surface area contributed by atoms with E-state index in [9.17, 15) is 4.79 Å². The minimum atomic E-state index is 0.0644. The van der Waals surface area contributed by atoms with Crippen molar-refractivity contribution in [2.75, 3.05) is 7.11 Å². The van der Waals surface area contributed by atoms with E-state index in [-0.39, 0.29) is 5.91 Å². The zero-order valence-electron chi connectivity index (χ0n) is 13.4. The van der Waals surface area contributed by atoms with Crippen molar-refractivity contribution in [1.82, 2.24) is 10.6 Å². The largest absolute Gasteiger partial charge is 0.496 e. The third-order valence-electron chi connectivity index (χ3n) is 4.21. The van der Waals surface area contributed by atoms with Gasteiger partial charge in [0.2, 0.25) is 5.91 Å². The molecule has 2 N–H and O–H groups in total. The van der Waals surface area contributed by atoms with Crippen LogP contribution in [0.15, 0.2) is 42.5 Å². The standard InChI is InChI=1S/C19H22N2O2/c1-23-18-5-3-2-4-15(18)8-9-19(22)21-11-14-6-7-16-12-20-13-17(16)10-14/h2-7,10,20H,8-9,11-13H2,1H3,(H,21,22). The molecule has 0 aliphatic carbocycles. The van der Waals surface area contributed by atoms with Gasteiger partial charge in [-0.15, -0.1) is 0 Å². The van der Waals surface area contributed by atoms with Crippen LogP contribution in [0.4, 0.5) is 0 Å². The number of nitrogens with one attached hydrogen (secondary N) is 2. The van der Waals surface area contributed by atoms with E-state index in [1.54, 1.807) is 7.11 Å². The number of aryl methyl sites for hydroxylation is 1. The summed E-state index contributed by atoms with van der Waals surface area (Å²) >= 11 is 0. The fourth-order valence-electron chi connectivity index (χ4n) is 2.90. The molecule has 4 nitrogen and oxygen atoms in total. The topological polar surface area (TPSA) is 50.4 Å². The molecule has 0 bridgehead atoms. The Kier molecular flexibility index (Phi) is 4.93. The highest BCUT2D eigenvalue weighted by atomic mass is 16.5. The molecule has 120 valence electrons. The van der Waals surface area contributed by atoms with Gasteiger partial charge in [-0.2, -0.15) is 0 Å². The number of carbonyl (C=O) groups is 1. The van der Waals surface area contributed by atoms with Crippen molar-refractivity contribution in [2.24, 2.45) is 0 Å². The van der Waals surface area contributed by atoms with Gasteiger partial charge >= 0.3 is 0 Å². The van der Waals surface area contributed by atoms with Crippen molar-refractivity contribution < 1.29 is 9.53 Å². The first-order valence-corrected chi connectivity index (χ1v) is 7.96. The van der Waals surface area contributed by atoms with Crippen LogP contribution in [-0.4, -0.2) is 13.0 Å². The predicted octanol–water partition coefficient (Wildman–Crippen LogP) is 2.55. The summed E-state index contributed by atoms with van der Waals surface area (Å²) in [6.07, 6.45) is 1.15. The Morgan fingerprint density at radius 1 is 1.17 bits per heavy atom. The van der Waals surface area contributed by atoms with Gasteiger partial charge in [0.05, 0.1) is 7.11 Å². The molecular weight excluding hydrogens is 288 g/mol. The molecule has 2 aromatic rings. The molecule has 0 saturated heterocycles. The van der Waals surface area contributed by atoms with Crippen molar-refractivity contribution in [3.8, 4) is 5.75 Å².